The molecule has 0 aliphatic carbocycles. The van der Waals surface area contributed by atoms with E-state index in [1.807, 2.05) is 24.3 Å². The van der Waals surface area contributed by atoms with Gasteiger partial charge in [-0.15, -0.1) is 0 Å². The van der Waals surface area contributed by atoms with Crippen molar-refractivity contribution in [1.29, 1.82) is 0 Å². The molecule has 0 saturated carbocycles. The van der Waals surface area contributed by atoms with Gasteiger partial charge in [-0.1, -0.05) is 24.3 Å². The fourth-order valence-electron chi connectivity index (χ4n) is 2.05. The van der Waals surface area contributed by atoms with Crippen LogP contribution in [0.1, 0.15) is 11.7 Å². The zero-order valence-electron chi connectivity index (χ0n) is 10.5. The number of benzene rings is 2. The highest BCUT2D eigenvalue weighted by molar-refractivity contribution is 5.41. The van der Waals surface area contributed by atoms with Crippen LogP contribution in [-0.4, -0.2) is 13.2 Å². The minimum atomic E-state index is -2.82. The molecule has 0 aromatic heterocycles. The number of fused-ring (bicyclic) bond motifs is 1. The molecule has 1 atom stereocenters. The summed E-state index contributed by atoms with van der Waals surface area (Å²) in [5, 5.41) is 0. The number of hydrogen-bond donors (Lipinski definition) is 0. The molecular weight excluding hydrogens is 266 g/mol. The Labute approximate surface area is 114 Å². The zero-order chi connectivity index (χ0) is 13.9. The van der Waals surface area contributed by atoms with Crippen molar-refractivity contribution < 1.29 is 23.0 Å². The summed E-state index contributed by atoms with van der Waals surface area (Å²) in [7, 11) is 0. The Balaban J connectivity index is 1.74. The maximum Gasteiger partial charge on any atom is 0.387 e. The van der Waals surface area contributed by atoms with Gasteiger partial charge in [0.05, 0.1) is 0 Å². The second-order valence-corrected chi connectivity index (χ2v) is 4.31. The molecule has 0 bridgehead atoms. The van der Waals surface area contributed by atoms with Crippen LogP contribution in [0.4, 0.5) is 8.78 Å². The first-order valence-electron chi connectivity index (χ1n) is 6.15. The van der Waals surface area contributed by atoms with E-state index in [9.17, 15) is 8.78 Å². The molecule has 0 radical (unpaired) electrons. The first-order chi connectivity index (χ1) is 9.72. The Bertz CT molecular complexity index is 584. The molecule has 0 fully saturated rings. The van der Waals surface area contributed by atoms with Gasteiger partial charge in [-0.3, -0.25) is 0 Å². The van der Waals surface area contributed by atoms with Crippen LogP contribution in [0, 0.1) is 0 Å². The highest BCUT2D eigenvalue weighted by atomic mass is 19.3. The summed E-state index contributed by atoms with van der Waals surface area (Å²) in [4.78, 5) is 0. The molecule has 3 rings (SSSR count). The smallest absolute Gasteiger partial charge is 0.387 e. The first-order valence-corrected chi connectivity index (χ1v) is 6.15. The summed E-state index contributed by atoms with van der Waals surface area (Å²) >= 11 is 0. The normalized spacial score (nSPS) is 17.1. The summed E-state index contributed by atoms with van der Waals surface area (Å²) in [6.07, 6.45) is -0.259. The summed E-state index contributed by atoms with van der Waals surface area (Å²) < 4.78 is 39.9. The molecule has 104 valence electrons. The van der Waals surface area contributed by atoms with E-state index in [2.05, 4.69) is 4.74 Å². The fourth-order valence-corrected chi connectivity index (χ4v) is 2.05. The minimum absolute atomic E-state index is 0.126. The summed E-state index contributed by atoms with van der Waals surface area (Å²) in [6.45, 7) is -2.44. The maximum absolute atomic E-state index is 12.1. The topological polar surface area (TPSA) is 27.7 Å². The maximum atomic E-state index is 12.1. The number of rotatable bonds is 3. The van der Waals surface area contributed by atoms with Gasteiger partial charge in [0, 0.05) is 0 Å². The Kier molecular flexibility index (Phi) is 3.41. The Hall–Kier alpha value is -2.30. The first kappa shape index (κ1) is 12.7. The van der Waals surface area contributed by atoms with Crippen molar-refractivity contribution in [2.75, 3.05) is 6.61 Å². The molecule has 3 nitrogen and oxygen atoms in total. The van der Waals surface area contributed by atoms with E-state index in [0.717, 1.165) is 5.56 Å². The molecule has 20 heavy (non-hydrogen) atoms. The molecule has 2 aromatic rings. The summed E-state index contributed by atoms with van der Waals surface area (Å²) in [6, 6.07) is 13.8. The fraction of sp³-hybridized carbons (Fsp3) is 0.200. The van der Waals surface area contributed by atoms with Crippen LogP contribution < -0.4 is 14.2 Å². The van der Waals surface area contributed by atoms with Crippen molar-refractivity contribution in [1.82, 2.24) is 0 Å². The Morgan fingerprint density at radius 2 is 1.70 bits per heavy atom. The van der Waals surface area contributed by atoms with Crippen molar-refractivity contribution >= 4 is 0 Å². The van der Waals surface area contributed by atoms with E-state index in [-0.39, 0.29) is 11.9 Å². The number of hydrogen-bond acceptors (Lipinski definition) is 3. The van der Waals surface area contributed by atoms with E-state index < -0.39 is 6.61 Å². The number of ether oxygens (including phenoxy) is 3. The molecule has 0 spiro atoms. The van der Waals surface area contributed by atoms with Crippen molar-refractivity contribution in [3.05, 3.63) is 54.1 Å². The quantitative estimate of drug-likeness (QED) is 0.854. The third-order valence-electron chi connectivity index (χ3n) is 2.99. The van der Waals surface area contributed by atoms with Crippen molar-refractivity contribution in [3.8, 4) is 17.2 Å². The van der Waals surface area contributed by atoms with Crippen molar-refractivity contribution in [2.24, 2.45) is 0 Å². The van der Waals surface area contributed by atoms with Crippen LogP contribution in [0.15, 0.2) is 48.5 Å². The van der Waals surface area contributed by atoms with Gasteiger partial charge in [0.2, 0.25) is 0 Å². The molecule has 5 heteroatoms. The van der Waals surface area contributed by atoms with Crippen molar-refractivity contribution in [3.63, 3.8) is 0 Å². The van der Waals surface area contributed by atoms with Gasteiger partial charge < -0.3 is 14.2 Å². The van der Waals surface area contributed by atoms with Crippen LogP contribution in [0.2, 0.25) is 0 Å². The molecule has 2 aromatic carbocycles. The predicted octanol–water partition coefficient (Wildman–Crippen LogP) is 3.80. The van der Waals surface area contributed by atoms with Gasteiger partial charge in [0.1, 0.15) is 12.4 Å². The predicted molar refractivity (Wildman–Crippen MR) is 68.4 cm³/mol. The van der Waals surface area contributed by atoms with Gasteiger partial charge in [-0.25, -0.2) is 0 Å². The van der Waals surface area contributed by atoms with Gasteiger partial charge in [0.25, 0.3) is 0 Å². The molecule has 1 aliphatic heterocycles. The highest BCUT2D eigenvalue weighted by Crippen LogP contribution is 2.36. The largest absolute Gasteiger partial charge is 0.485 e. The van der Waals surface area contributed by atoms with Crippen LogP contribution in [-0.2, 0) is 0 Å². The van der Waals surface area contributed by atoms with Crippen LogP contribution >= 0.6 is 0 Å². The van der Waals surface area contributed by atoms with E-state index in [4.69, 9.17) is 9.47 Å². The Morgan fingerprint density at radius 3 is 2.40 bits per heavy atom. The van der Waals surface area contributed by atoms with Crippen molar-refractivity contribution in [2.45, 2.75) is 12.7 Å². The molecular formula is C15H12F2O3. The average Bonchev–Trinajstić information content (AvgIpc) is 2.47. The lowest BCUT2D eigenvalue weighted by molar-refractivity contribution is -0.0498. The number of halogens is 2. The van der Waals surface area contributed by atoms with E-state index in [1.54, 1.807) is 12.1 Å². The average molecular weight is 278 g/mol. The highest BCUT2D eigenvalue weighted by Gasteiger charge is 2.22. The second kappa shape index (κ2) is 5.36. The lowest BCUT2D eigenvalue weighted by Crippen LogP contribution is -2.21. The van der Waals surface area contributed by atoms with Gasteiger partial charge in [0.15, 0.2) is 17.6 Å². The molecule has 0 amide bonds. The lowest BCUT2D eigenvalue weighted by Gasteiger charge is -2.26. The third-order valence-corrected chi connectivity index (χ3v) is 2.99. The van der Waals surface area contributed by atoms with Gasteiger partial charge in [-0.2, -0.15) is 8.78 Å². The molecule has 0 saturated heterocycles. The SMILES string of the molecule is FC(F)Oc1ccc(C2COc3ccccc3O2)cc1. The van der Waals surface area contributed by atoms with Crippen LogP contribution in [0.25, 0.3) is 0 Å². The second-order valence-electron chi connectivity index (χ2n) is 4.31. The summed E-state index contributed by atoms with van der Waals surface area (Å²) in [5.74, 6) is 1.51. The van der Waals surface area contributed by atoms with Crippen LogP contribution in [0.5, 0.6) is 17.2 Å². The zero-order valence-corrected chi connectivity index (χ0v) is 10.5. The molecule has 1 unspecified atom stereocenters. The molecule has 0 N–H and O–H groups in total. The van der Waals surface area contributed by atoms with E-state index >= 15 is 0 Å². The van der Waals surface area contributed by atoms with E-state index in [0.29, 0.717) is 18.1 Å². The number of para-hydroxylation sites is 2. The molecule has 1 aliphatic rings. The molecule has 1 heterocycles. The minimum Gasteiger partial charge on any atom is -0.485 e. The van der Waals surface area contributed by atoms with Gasteiger partial charge in [-0.05, 0) is 29.8 Å². The monoisotopic (exact) mass is 278 g/mol. The van der Waals surface area contributed by atoms with E-state index in [1.165, 1.54) is 12.1 Å². The summed E-state index contributed by atoms with van der Waals surface area (Å²) in [5.41, 5.74) is 0.848. The lowest BCUT2D eigenvalue weighted by atomic mass is 10.1. The van der Waals surface area contributed by atoms with Gasteiger partial charge >= 0.3 is 6.61 Å². The van der Waals surface area contributed by atoms with Crippen LogP contribution in [0.3, 0.4) is 0 Å². The Morgan fingerprint density at radius 1 is 1.00 bits per heavy atom. The number of alkyl halides is 2. The standard InChI is InChI=1S/C15H12F2O3/c16-15(17)19-11-7-5-10(6-8-11)14-9-18-12-3-1-2-4-13(12)20-14/h1-8,14-15H,9H2. The third kappa shape index (κ3) is 2.66.